The zero-order valence-corrected chi connectivity index (χ0v) is 9.98. The molecule has 1 aliphatic rings. The van der Waals surface area contributed by atoms with Crippen molar-refractivity contribution in [1.29, 1.82) is 0 Å². The molecule has 3 nitrogen and oxygen atoms in total. The molecule has 1 atom stereocenters. The predicted octanol–water partition coefficient (Wildman–Crippen LogP) is 2.51. The molecule has 15 heavy (non-hydrogen) atoms. The first-order valence-corrected chi connectivity index (χ1v) is 6.32. The van der Waals surface area contributed by atoms with Gasteiger partial charge in [0.1, 0.15) is 0 Å². The molecule has 0 saturated carbocycles. The average molecular weight is 246 g/mol. The molecule has 2 heterocycles. The summed E-state index contributed by atoms with van der Waals surface area (Å²) in [7, 11) is 1.81. The van der Waals surface area contributed by atoms with E-state index in [4.69, 9.17) is 16.0 Å². The smallest absolute Gasteiger partial charge is 0.289 e. The number of thioether (sulfide) groups is 1. The molecule has 1 saturated heterocycles. The molecule has 0 radical (unpaired) electrons. The van der Waals surface area contributed by atoms with Gasteiger partial charge in [-0.1, -0.05) is 0 Å². The normalized spacial score (nSPS) is 20.5. The Hall–Kier alpha value is -0.610. The number of hydrogen-bond donors (Lipinski definition) is 0. The lowest BCUT2D eigenvalue weighted by molar-refractivity contribution is 0.0716. The average Bonchev–Trinajstić information content (AvgIpc) is 2.85. The first-order chi connectivity index (χ1) is 7.18. The van der Waals surface area contributed by atoms with E-state index in [2.05, 4.69) is 0 Å². The van der Waals surface area contributed by atoms with E-state index >= 15 is 0 Å². The molecule has 0 bridgehead atoms. The number of hydrogen-bond acceptors (Lipinski definition) is 3. The van der Waals surface area contributed by atoms with E-state index in [-0.39, 0.29) is 11.1 Å². The van der Waals surface area contributed by atoms with Crippen molar-refractivity contribution in [3.63, 3.8) is 0 Å². The van der Waals surface area contributed by atoms with E-state index in [1.54, 1.807) is 17.0 Å². The zero-order chi connectivity index (χ0) is 10.8. The maximum Gasteiger partial charge on any atom is 0.289 e. The highest BCUT2D eigenvalue weighted by Crippen LogP contribution is 2.23. The Balaban J connectivity index is 2.06. The fourth-order valence-electron chi connectivity index (χ4n) is 1.60. The number of halogens is 1. The SMILES string of the molecule is CN(C(=O)c1ccc(Cl)o1)C1CCSC1. The van der Waals surface area contributed by atoms with Gasteiger partial charge in [-0.05, 0) is 35.9 Å². The van der Waals surface area contributed by atoms with Gasteiger partial charge in [-0.25, -0.2) is 0 Å². The molecule has 82 valence electrons. The van der Waals surface area contributed by atoms with Crippen molar-refractivity contribution >= 4 is 29.3 Å². The van der Waals surface area contributed by atoms with Crippen molar-refractivity contribution < 1.29 is 9.21 Å². The van der Waals surface area contributed by atoms with Gasteiger partial charge in [-0.2, -0.15) is 11.8 Å². The van der Waals surface area contributed by atoms with Gasteiger partial charge in [0.05, 0.1) is 0 Å². The van der Waals surface area contributed by atoms with Gasteiger partial charge in [0.15, 0.2) is 11.0 Å². The second-order valence-electron chi connectivity index (χ2n) is 3.54. The first-order valence-electron chi connectivity index (χ1n) is 4.78. The van der Waals surface area contributed by atoms with Gasteiger partial charge in [0.2, 0.25) is 0 Å². The Morgan fingerprint density at radius 2 is 2.47 bits per heavy atom. The van der Waals surface area contributed by atoms with Crippen molar-refractivity contribution in [2.24, 2.45) is 0 Å². The molecule has 0 aromatic carbocycles. The first kappa shape index (κ1) is 10.9. The summed E-state index contributed by atoms with van der Waals surface area (Å²) in [5.41, 5.74) is 0. The summed E-state index contributed by atoms with van der Waals surface area (Å²) in [5, 5.41) is 0.257. The molecule has 0 spiro atoms. The van der Waals surface area contributed by atoms with Crippen molar-refractivity contribution in [2.75, 3.05) is 18.6 Å². The van der Waals surface area contributed by atoms with Crippen molar-refractivity contribution in [2.45, 2.75) is 12.5 Å². The largest absolute Gasteiger partial charge is 0.440 e. The number of carbonyl (C=O) groups excluding carboxylic acids is 1. The van der Waals surface area contributed by atoms with Crippen LogP contribution in [0.1, 0.15) is 17.0 Å². The molecule has 1 unspecified atom stereocenters. The van der Waals surface area contributed by atoms with E-state index in [0.29, 0.717) is 11.8 Å². The number of rotatable bonds is 2. The van der Waals surface area contributed by atoms with Gasteiger partial charge < -0.3 is 9.32 Å². The van der Waals surface area contributed by atoms with Crippen LogP contribution in [-0.2, 0) is 0 Å². The molecule has 1 amide bonds. The Bertz CT molecular complexity index is 360. The summed E-state index contributed by atoms with van der Waals surface area (Å²) in [5.74, 6) is 2.37. The Labute approximate surface area is 97.8 Å². The lowest BCUT2D eigenvalue weighted by Crippen LogP contribution is -2.36. The fourth-order valence-corrected chi connectivity index (χ4v) is 3.01. The second-order valence-corrected chi connectivity index (χ2v) is 5.06. The third-order valence-corrected chi connectivity index (χ3v) is 3.91. The summed E-state index contributed by atoms with van der Waals surface area (Å²) in [4.78, 5) is 13.7. The van der Waals surface area contributed by atoms with E-state index in [0.717, 1.165) is 17.9 Å². The second kappa shape index (κ2) is 4.49. The summed E-state index contributed by atoms with van der Waals surface area (Å²) in [6.45, 7) is 0. The monoisotopic (exact) mass is 245 g/mol. The van der Waals surface area contributed by atoms with Crippen LogP contribution in [0.2, 0.25) is 5.22 Å². The molecular formula is C10H12ClNO2S. The molecule has 1 aromatic heterocycles. The van der Waals surface area contributed by atoms with Crippen LogP contribution in [0.5, 0.6) is 0 Å². The van der Waals surface area contributed by atoms with Crippen LogP contribution in [0.3, 0.4) is 0 Å². The maximum absolute atomic E-state index is 11.9. The maximum atomic E-state index is 11.9. The van der Waals surface area contributed by atoms with Crippen LogP contribution in [0.25, 0.3) is 0 Å². The molecule has 1 aromatic rings. The fraction of sp³-hybridized carbons (Fsp3) is 0.500. The van der Waals surface area contributed by atoms with Gasteiger partial charge >= 0.3 is 0 Å². The molecule has 5 heteroatoms. The zero-order valence-electron chi connectivity index (χ0n) is 8.40. The third kappa shape index (κ3) is 2.32. The summed E-state index contributed by atoms with van der Waals surface area (Å²) < 4.78 is 5.09. The van der Waals surface area contributed by atoms with Crippen molar-refractivity contribution in [1.82, 2.24) is 4.90 Å². The van der Waals surface area contributed by atoms with E-state index in [1.807, 2.05) is 18.8 Å². The quantitative estimate of drug-likeness (QED) is 0.803. The minimum Gasteiger partial charge on any atom is -0.440 e. The topological polar surface area (TPSA) is 33.5 Å². The van der Waals surface area contributed by atoms with Crippen LogP contribution in [0.15, 0.2) is 16.5 Å². The number of carbonyl (C=O) groups is 1. The lowest BCUT2D eigenvalue weighted by atomic mass is 10.2. The van der Waals surface area contributed by atoms with Crippen LogP contribution in [0, 0.1) is 0 Å². The van der Waals surface area contributed by atoms with Gasteiger partial charge in [0, 0.05) is 18.8 Å². The number of furan rings is 1. The molecule has 2 rings (SSSR count). The molecule has 1 fully saturated rings. The number of nitrogens with zero attached hydrogens (tertiary/aromatic N) is 1. The van der Waals surface area contributed by atoms with Crippen LogP contribution < -0.4 is 0 Å². The van der Waals surface area contributed by atoms with E-state index in [1.165, 1.54) is 0 Å². The minimum absolute atomic E-state index is 0.0885. The van der Waals surface area contributed by atoms with Crippen molar-refractivity contribution in [3.8, 4) is 0 Å². The Morgan fingerprint density at radius 3 is 3.00 bits per heavy atom. The van der Waals surface area contributed by atoms with E-state index in [9.17, 15) is 4.79 Å². The Kier molecular flexibility index (Phi) is 3.26. The highest BCUT2D eigenvalue weighted by atomic mass is 35.5. The Morgan fingerprint density at radius 1 is 1.67 bits per heavy atom. The van der Waals surface area contributed by atoms with Crippen molar-refractivity contribution in [3.05, 3.63) is 23.1 Å². The number of amides is 1. The van der Waals surface area contributed by atoms with Gasteiger partial charge in [-0.3, -0.25) is 4.79 Å². The van der Waals surface area contributed by atoms with Crippen LogP contribution in [0.4, 0.5) is 0 Å². The van der Waals surface area contributed by atoms with E-state index < -0.39 is 0 Å². The highest BCUT2D eigenvalue weighted by Gasteiger charge is 2.26. The van der Waals surface area contributed by atoms with Crippen LogP contribution >= 0.6 is 23.4 Å². The molecule has 1 aliphatic heterocycles. The predicted molar refractivity (Wildman–Crippen MR) is 61.5 cm³/mol. The highest BCUT2D eigenvalue weighted by molar-refractivity contribution is 7.99. The molecule has 0 N–H and O–H groups in total. The summed E-state index contributed by atoms with van der Waals surface area (Å²) >= 11 is 7.51. The minimum atomic E-state index is -0.0885. The van der Waals surface area contributed by atoms with Gasteiger partial charge in [0.25, 0.3) is 5.91 Å². The molecule has 0 aliphatic carbocycles. The van der Waals surface area contributed by atoms with Crippen LogP contribution in [-0.4, -0.2) is 35.4 Å². The summed E-state index contributed by atoms with van der Waals surface area (Å²) in [6.07, 6.45) is 1.06. The summed E-state index contributed by atoms with van der Waals surface area (Å²) in [6, 6.07) is 3.53. The third-order valence-electron chi connectivity index (χ3n) is 2.56. The standard InChI is InChI=1S/C10H12ClNO2S/c1-12(7-4-5-15-6-7)10(13)8-2-3-9(11)14-8/h2-3,7H,4-6H2,1H3. The molecular weight excluding hydrogens is 234 g/mol. The van der Waals surface area contributed by atoms with Gasteiger partial charge in [-0.15, -0.1) is 0 Å². The lowest BCUT2D eigenvalue weighted by Gasteiger charge is -2.22.